The molecule has 0 aromatic rings. The average Bonchev–Trinajstić information content (AvgIpc) is 2.40. The molecule has 2 heterocycles. The Balaban J connectivity index is 2.11. The van der Waals surface area contributed by atoms with E-state index in [1.54, 1.807) is 41.5 Å². The standard InChI is InChI=1S/C18H28N2O5/c1-10-8-9-11-12(19-16(23)25-18(5,6)7)14(21)20(11)13(10)15(22)24-17(2,3)4/h11-12H,8-9H2,1-7H3,(H,19,23). The molecular weight excluding hydrogens is 324 g/mol. The van der Waals surface area contributed by atoms with Gasteiger partial charge in [-0.1, -0.05) is 0 Å². The molecule has 140 valence electrons. The van der Waals surface area contributed by atoms with Crippen LogP contribution in [0.4, 0.5) is 4.79 Å². The van der Waals surface area contributed by atoms with Gasteiger partial charge in [0.2, 0.25) is 0 Å². The fraction of sp³-hybridized carbons (Fsp3) is 0.722. The van der Waals surface area contributed by atoms with E-state index in [1.165, 1.54) is 4.90 Å². The zero-order chi connectivity index (χ0) is 19.2. The molecule has 1 fully saturated rings. The number of β-lactam (4-membered cyclic amide) rings is 1. The summed E-state index contributed by atoms with van der Waals surface area (Å²) in [6, 6.07) is -0.911. The first-order valence-corrected chi connectivity index (χ1v) is 8.56. The number of carbonyl (C=O) groups is 3. The Kier molecular flexibility index (Phi) is 4.90. The van der Waals surface area contributed by atoms with Crippen LogP contribution in [0, 0.1) is 0 Å². The predicted molar refractivity (Wildman–Crippen MR) is 91.6 cm³/mol. The van der Waals surface area contributed by atoms with Gasteiger partial charge in [0.1, 0.15) is 22.9 Å². The predicted octanol–water partition coefficient (Wildman–Crippen LogP) is 2.50. The van der Waals surface area contributed by atoms with E-state index in [9.17, 15) is 14.4 Å². The first-order chi connectivity index (χ1) is 11.3. The monoisotopic (exact) mass is 352 g/mol. The smallest absolute Gasteiger partial charge is 0.408 e. The van der Waals surface area contributed by atoms with E-state index in [0.29, 0.717) is 18.5 Å². The van der Waals surface area contributed by atoms with Crippen molar-refractivity contribution >= 4 is 18.0 Å². The van der Waals surface area contributed by atoms with Crippen molar-refractivity contribution in [2.24, 2.45) is 0 Å². The van der Waals surface area contributed by atoms with Gasteiger partial charge in [-0.05, 0) is 66.9 Å². The Morgan fingerprint density at radius 2 is 1.64 bits per heavy atom. The summed E-state index contributed by atoms with van der Waals surface area (Å²) in [5, 5.41) is 2.62. The van der Waals surface area contributed by atoms with Gasteiger partial charge in [0.25, 0.3) is 5.91 Å². The Morgan fingerprint density at radius 1 is 1.08 bits per heavy atom. The van der Waals surface area contributed by atoms with Crippen molar-refractivity contribution in [3.8, 4) is 0 Å². The number of alkyl carbamates (subject to hydrolysis) is 1. The quantitative estimate of drug-likeness (QED) is 0.610. The number of nitrogens with one attached hydrogen (secondary N) is 1. The highest BCUT2D eigenvalue weighted by Crippen LogP contribution is 2.37. The fourth-order valence-electron chi connectivity index (χ4n) is 3.00. The van der Waals surface area contributed by atoms with Crippen molar-refractivity contribution in [3.05, 3.63) is 11.3 Å². The normalized spacial score (nSPS) is 23.6. The van der Waals surface area contributed by atoms with Crippen LogP contribution in [0.25, 0.3) is 0 Å². The highest BCUT2D eigenvalue weighted by molar-refractivity contribution is 6.01. The zero-order valence-corrected chi connectivity index (χ0v) is 16.1. The van der Waals surface area contributed by atoms with Crippen LogP contribution in [-0.4, -0.2) is 46.2 Å². The van der Waals surface area contributed by atoms with Gasteiger partial charge >= 0.3 is 12.1 Å². The summed E-state index contributed by atoms with van der Waals surface area (Å²) in [5.41, 5.74) is -0.145. The summed E-state index contributed by atoms with van der Waals surface area (Å²) < 4.78 is 10.6. The summed E-state index contributed by atoms with van der Waals surface area (Å²) in [7, 11) is 0. The molecule has 0 aliphatic carbocycles. The largest absolute Gasteiger partial charge is 0.455 e. The Bertz CT molecular complexity index is 624. The maximum Gasteiger partial charge on any atom is 0.408 e. The molecule has 7 heteroatoms. The number of esters is 1. The molecule has 0 aromatic heterocycles. The molecule has 2 rings (SSSR count). The average molecular weight is 352 g/mol. The van der Waals surface area contributed by atoms with E-state index in [-0.39, 0.29) is 11.9 Å². The molecule has 1 N–H and O–H groups in total. The topological polar surface area (TPSA) is 84.9 Å². The van der Waals surface area contributed by atoms with Gasteiger partial charge in [-0.25, -0.2) is 9.59 Å². The van der Waals surface area contributed by atoms with Crippen LogP contribution in [0.1, 0.15) is 61.3 Å². The lowest BCUT2D eigenvalue weighted by atomic mass is 9.84. The second-order valence-corrected chi connectivity index (χ2v) is 8.57. The van der Waals surface area contributed by atoms with Gasteiger partial charge in [0.15, 0.2) is 0 Å². The molecule has 2 aliphatic heterocycles. The summed E-state index contributed by atoms with van der Waals surface area (Å²) in [4.78, 5) is 38.4. The highest BCUT2D eigenvalue weighted by atomic mass is 16.6. The second-order valence-electron chi connectivity index (χ2n) is 8.57. The van der Waals surface area contributed by atoms with Crippen LogP contribution < -0.4 is 5.32 Å². The van der Waals surface area contributed by atoms with Crippen molar-refractivity contribution < 1.29 is 23.9 Å². The Morgan fingerprint density at radius 3 is 2.16 bits per heavy atom. The third-order valence-corrected chi connectivity index (χ3v) is 3.94. The maximum absolute atomic E-state index is 12.5. The van der Waals surface area contributed by atoms with E-state index in [2.05, 4.69) is 5.32 Å². The molecule has 2 amide bonds. The molecule has 25 heavy (non-hydrogen) atoms. The number of fused-ring (bicyclic) bond motifs is 1. The second kappa shape index (κ2) is 6.35. The first kappa shape index (κ1) is 19.3. The molecule has 0 bridgehead atoms. The van der Waals surface area contributed by atoms with Crippen LogP contribution in [0.2, 0.25) is 0 Å². The minimum Gasteiger partial charge on any atom is -0.455 e. The molecule has 0 radical (unpaired) electrons. The number of hydrogen-bond acceptors (Lipinski definition) is 5. The lowest BCUT2D eigenvalue weighted by Crippen LogP contribution is -2.71. The number of amides is 2. The van der Waals surface area contributed by atoms with E-state index in [0.717, 1.165) is 5.57 Å². The van der Waals surface area contributed by atoms with Crippen LogP contribution in [0.15, 0.2) is 11.3 Å². The molecule has 2 atom stereocenters. The zero-order valence-electron chi connectivity index (χ0n) is 16.1. The summed E-state index contributed by atoms with van der Waals surface area (Å²) >= 11 is 0. The molecule has 7 nitrogen and oxygen atoms in total. The van der Waals surface area contributed by atoms with Crippen LogP contribution in [0.5, 0.6) is 0 Å². The lowest BCUT2D eigenvalue weighted by molar-refractivity contribution is -0.161. The van der Waals surface area contributed by atoms with Gasteiger partial charge in [-0.2, -0.15) is 0 Å². The van der Waals surface area contributed by atoms with E-state index < -0.39 is 29.3 Å². The fourth-order valence-corrected chi connectivity index (χ4v) is 3.00. The molecule has 0 spiro atoms. The Hall–Kier alpha value is -2.05. The minimum absolute atomic E-state index is 0.244. The number of carbonyl (C=O) groups excluding carboxylic acids is 3. The Labute approximate surface area is 148 Å². The highest BCUT2D eigenvalue weighted by Gasteiger charge is 2.53. The number of allylic oxidation sites excluding steroid dienone is 1. The van der Waals surface area contributed by atoms with Gasteiger partial charge in [0.05, 0.1) is 6.04 Å². The van der Waals surface area contributed by atoms with Gasteiger partial charge in [0, 0.05) is 0 Å². The maximum atomic E-state index is 12.5. The molecular formula is C18H28N2O5. The van der Waals surface area contributed by atoms with Crippen LogP contribution in [0.3, 0.4) is 0 Å². The summed E-state index contributed by atoms with van der Waals surface area (Å²) in [5.74, 6) is -0.811. The summed E-state index contributed by atoms with van der Waals surface area (Å²) in [6.45, 7) is 12.5. The molecule has 2 aliphatic rings. The number of nitrogens with zero attached hydrogens (tertiary/aromatic N) is 1. The number of rotatable bonds is 2. The van der Waals surface area contributed by atoms with E-state index in [4.69, 9.17) is 9.47 Å². The van der Waals surface area contributed by atoms with Gasteiger partial charge < -0.3 is 14.8 Å². The number of hydrogen-bond donors (Lipinski definition) is 1. The molecule has 2 unspecified atom stereocenters. The van der Waals surface area contributed by atoms with E-state index >= 15 is 0 Å². The SMILES string of the molecule is CC1=C(C(=O)OC(C)(C)C)N2C(=O)C(NC(=O)OC(C)(C)C)C2CC1. The lowest BCUT2D eigenvalue weighted by Gasteiger charge is -2.50. The van der Waals surface area contributed by atoms with Crippen molar-refractivity contribution in [3.63, 3.8) is 0 Å². The van der Waals surface area contributed by atoms with Crippen LogP contribution >= 0.6 is 0 Å². The van der Waals surface area contributed by atoms with Gasteiger partial charge in [-0.3, -0.25) is 9.69 Å². The van der Waals surface area contributed by atoms with E-state index in [1.807, 2.05) is 6.92 Å². The van der Waals surface area contributed by atoms with Crippen molar-refractivity contribution in [2.45, 2.75) is 84.6 Å². The molecule has 1 saturated heterocycles. The first-order valence-electron chi connectivity index (χ1n) is 8.56. The minimum atomic E-state index is -0.666. The van der Waals surface area contributed by atoms with Crippen LogP contribution in [-0.2, 0) is 19.1 Å². The molecule has 0 saturated carbocycles. The molecule has 0 aromatic carbocycles. The van der Waals surface area contributed by atoms with Gasteiger partial charge in [-0.15, -0.1) is 0 Å². The van der Waals surface area contributed by atoms with Crippen molar-refractivity contribution in [1.82, 2.24) is 10.2 Å². The van der Waals surface area contributed by atoms with Crippen molar-refractivity contribution in [1.29, 1.82) is 0 Å². The third-order valence-electron chi connectivity index (χ3n) is 3.94. The van der Waals surface area contributed by atoms with Crippen molar-refractivity contribution in [2.75, 3.05) is 0 Å². The summed E-state index contributed by atoms with van der Waals surface area (Å²) in [6.07, 6.45) is 0.732. The number of ether oxygens (including phenoxy) is 2. The third kappa shape index (κ3) is 4.32.